The van der Waals surface area contributed by atoms with E-state index in [2.05, 4.69) is 20.0 Å². The zero-order valence-electron chi connectivity index (χ0n) is 23.0. The fourth-order valence-electron chi connectivity index (χ4n) is 4.20. The molecular weight excluding hydrogens is 532 g/mol. The van der Waals surface area contributed by atoms with Gasteiger partial charge >= 0.3 is 0 Å². The third-order valence-electron chi connectivity index (χ3n) is 6.25. The molecule has 1 aromatic heterocycles. The average Bonchev–Trinajstić information content (AvgIpc) is 2.86. The van der Waals surface area contributed by atoms with Gasteiger partial charge in [0.2, 0.25) is 10.0 Å². The lowest BCUT2D eigenvalue weighted by Gasteiger charge is -2.24. The Hall–Kier alpha value is -3.63. The second-order valence-corrected chi connectivity index (χ2v) is 12.9. The molecule has 39 heavy (non-hydrogen) atoms. The maximum Gasteiger partial charge on any atom is 0.255 e. The van der Waals surface area contributed by atoms with Gasteiger partial charge in [0.25, 0.3) is 5.91 Å². The van der Waals surface area contributed by atoms with Crippen LogP contribution in [0.4, 0.5) is 11.4 Å². The molecule has 8 nitrogen and oxygen atoms in total. The van der Waals surface area contributed by atoms with Crippen LogP contribution in [0.25, 0.3) is 22.0 Å². The van der Waals surface area contributed by atoms with Crippen LogP contribution in [0.2, 0.25) is 0 Å². The van der Waals surface area contributed by atoms with Crippen molar-refractivity contribution in [3.8, 4) is 16.9 Å². The minimum atomic E-state index is -3.58. The van der Waals surface area contributed by atoms with Gasteiger partial charge in [0.05, 0.1) is 30.3 Å². The highest BCUT2D eigenvalue weighted by molar-refractivity contribution is 7.98. The summed E-state index contributed by atoms with van der Waals surface area (Å²) in [6.07, 6.45) is 4.82. The van der Waals surface area contributed by atoms with Crippen LogP contribution in [0.3, 0.4) is 0 Å². The molecule has 0 atom stereocenters. The van der Waals surface area contributed by atoms with Gasteiger partial charge in [-0.05, 0) is 77.2 Å². The number of anilines is 2. The summed E-state index contributed by atoms with van der Waals surface area (Å²) in [5.41, 5.74) is 5.32. The summed E-state index contributed by atoms with van der Waals surface area (Å²) in [5, 5.41) is 4.56. The number of benzene rings is 3. The number of carbonyl (C=O) groups excluding carboxylic acids is 1. The number of thioether (sulfide) groups is 1. The molecule has 0 radical (unpaired) electrons. The van der Waals surface area contributed by atoms with Crippen molar-refractivity contribution in [2.24, 2.45) is 0 Å². The van der Waals surface area contributed by atoms with Gasteiger partial charge in [-0.2, -0.15) is 0 Å². The Kier molecular flexibility index (Phi) is 7.90. The van der Waals surface area contributed by atoms with Crippen molar-refractivity contribution in [1.82, 2.24) is 9.97 Å². The number of sulfonamides is 1. The standard InChI is InChI=1S/C29H32N4O4S2/c1-17-8-9-19(13-22(17)18-10-11-23-20(12-18)16-30-28(32-23)38-6)27(34)31-24-14-21(29(2,3)4)15-25(26(24)37-5)33-39(7,35)36/h8-16,33H,1-7H3,(H,31,34). The van der Waals surface area contributed by atoms with Gasteiger partial charge in [-0.1, -0.05) is 44.7 Å². The van der Waals surface area contributed by atoms with Crippen LogP contribution in [-0.2, 0) is 15.4 Å². The topological polar surface area (TPSA) is 110 Å². The van der Waals surface area contributed by atoms with Crippen molar-refractivity contribution < 1.29 is 17.9 Å². The number of aryl methyl sites for hydroxylation is 1. The van der Waals surface area contributed by atoms with Crippen LogP contribution >= 0.6 is 11.8 Å². The van der Waals surface area contributed by atoms with Gasteiger partial charge in [0.1, 0.15) is 0 Å². The molecule has 0 aliphatic rings. The SMILES string of the molecule is COc1c(NC(=O)c2ccc(C)c(-c3ccc4nc(SC)ncc4c3)c2)cc(C(C)(C)C)cc1NS(C)(=O)=O. The molecule has 4 rings (SSSR count). The maximum absolute atomic E-state index is 13.5. The molecule has 204 valence electrons. The van der Waals surface area contributed by atoms with Crippen LogP contribution < -0.4 is 14.8 Å². The van der Waals surface area contributed by atoms with E-state index in [0.717, 1.165) is 39.4 Å². The van der Waals surface area contributed by atoms with Crippen LogP contribution in [0.15, 0.2) is 59.9 Å². The third-order valence-corrected chi connectivity index (χ3v) is 7.41. The van der Waals surface area contributed by atoms with Gasteiger partial charge in [-0.3, -0.25) is 9.52 Å². The molecular formula is C29H32N4O4S2. The Labute approximate surface area is 233 Å². The van der Waals surface area contributed by atoms with Crippen molar-refractivity contribution in [1.29, 1.82) is 0 Å². The summed E-state index contributed by atoms with van der Waals surface area (Å²) in [4.78, 5) is 22.4. The summed E-state index contributed by atoms with van der Waals surface area (Å²) >= 11 is 1.49. The Morgan fingerprint density at radius 3 is 2.38 bits per heavy atom. The van der Waals surface area contributed by atoms with Crippen LogP contribution in [0, 0.1) is 6.92 Å². The van der Waals surface area contributed by atoms with Gasteiger partial charge in [0, 0.05) is 17.1 Å². The Morgan fingerprint density at radius 2 is 1.74 bits per heavy atom. The van der Waals surface area contributed by atoms with E-state index in [0.29, 0.717) is 16.4 Å². The summed E-state index contributed by atoms with van der Waals surface area (Å²) < 4.78 is 32.1. The number of nitrogens with one attached hydrogen (secondary N) is 2. The van der Waals surface area contributed by atoms with Crippen molar-refractivity contribution in [2.75, 3.05) is 29.7 Å². The molecule has 0 saturated carbocycles. The van der Waals surface area contributed by atoms with Crippen molar-refractivity contribution in [2.45, 2.75) is 38.3 Å². The molecule has 3 aromatic carbocycles. The molecule has 1 heterocycles. The fraction of sp³-hybridized carbons (Fsp3) is 0.276. The maximum atomic E-state index is 13.5. The van der Waals surface area contributed by atoms with E-state index in [1.807, 2.05) is 70.3 Å². The molecule has 0 unspecified atom stereocenters. The molecule has 0 saturated heterocycles. The molecule has 10 heteroatoms. The number of hydrogen-bond donors (Lipinski definition) is 2. The number of carbonyl (C=O) groups is 1. The van der Waals surface area contributed by atoms with Gasteiger partial charge in [0.15, 0.2) is 10.9 Å². The third kappa shape index (κ3) is 6.51. The quantitative estimate of drug-likeness (QED) is 0.201. The van der Waals surface area contributed by atoms with Gasteiger partial charge in [-0.25, -0.2) is 18.4 Å². The fourth-order valence-corrected chi connectivity index (χ4v) is 5.10. The normalized spacial score (nSPS) is 11.9. The van der Waals surface area contributed by atoms with E-state index in [1.54, 1.807) is 18.3 Å². The zero-order chi connectivity index (χ0) is 28.5. The number of nitrogens with zero attached hydrogens (tertiary/aromatic N) is 2. The number of rotatable bonds is 7. The number of ether oxygens (including phenoxy) is 1. The highest BCUT2D eigenvalue weighted by Crippen LogP contribution is 2.39. The van der Waals surface area contributed by atoms with E-state index in [-0.39, 0.29) is 22.8 Å². The van der Waals surface area contributed by atoms with E-state index < -0.39 is 10.0 Å². The summed E-state index contributed by atoms with van der Waals surface area (Å²) in [7, 11) is -2.15. The second-order valence-electron chi connectivity index (χ2n) is 10.3. The molecule has 0 aliphatic carbocycles. The molecule has 2 N–H and O–H groups in total. The van der Waals surface area contributed by atoms with Crippen LogP contribution in [0.5, 0.6) is 5.75 Å². The zero-order valence-corrected chi connectivity index (χ0v) is 24.7. The van der Waals surface area contributed by atoms with Gasteiger partial charge < -0.3 is 10.1 Å². The molecule has 0 fully saturated rings. The number of fused-ring (bicyclic) bond motifs is 1. The predicted octanol–water partition coefficient (Wildman–Crippen LogP) is 6.26. The van der Waals surface area contributed by atoms with E-state index in [4.69, 9.17) is 4.74 Å². The smallest absolute Gasteiger partial charge is 0.255 e. The minimum absolute atomic E-state index is 0.230. The monoisotopic (exact) mass is 564 g/mol. The Bertz CT molecular complexity index is 1680. The summed E-state index contributed by atoms with van der Waals surface area (Å²) in [5.74, 6) is -0.118. The van der Waals surface area contributed by atoms with Crippen molar-refractivity contribution in [3.63, 3.8) is 0 Å². The summed E-state index contributed by atoms with van der Waals surface area (Å²) in [6.45, 7) is 8.02. The predicted molar refractivity (Wildman–Crippen MR) is 160 cm³/mol. The van der Waals surface area contributed by atoms with E-state index in [1.165, 1.54) is 18.9 Å². The lowest BCUT2D eigenvalue weighted by Crippen LogP contribution is -2.18. The molecule has 1 amide bonds. The minimum Gasteiger partial charge on any atom is -0.492 e. The number of aromatic nitrogens is 2. The number of methoxy groups -OCH3 is 1. The Morgan fingerprint density at radius 1 is 1.03 bits per heavy atom. The highest BCUT2D eigenvalue weighted by atomic mass is 32.2. The molecule has 4 aromatic rings. The van der Waals surface area contributed by atoms with Crippen LogP contribution in [-0.4, -0.2) is 43.9 Å². The lowest BCUT2D eigenvalue weighted by atomic mass is 9.86. The van der Waals surface area contributed by atoms with E-state index >= 15 is 0 Å². The number of hydrogen-bond acceptors (Lipinski definition) is 7. The first-order valence-electron chi connectivity index (χ1n) is 12.2. The average molecular weight is 565 g/mol. The first-order chi connectivity index (χ1) is 18.3. The van der Waals surface area contributed by atoms with Crippen molar-refractivity contribution >= 4 is 50.0 Å². The number of amides is 1. The highest BCUT2D eigenvalue weighted by Gasteiger charge is 2.22. The van der Waals surface area contributed by atoms with Crippen molar-refractivity contribution in [3.05, 3.63) is 71.4 Å². The molecule has 0 aliphatic heterocycles. The van der Waals surface area contributed by atoms with Gasteiger partial charge in [-0.15, -0.1) is 0 Å². The lowest BCUT2D eigenvalue weighted by molar-refractivity contribution is 0.102. The first-order valence-corrected chi connectivity index (χ1v) is 15.3. The van der Waals surface area contributed by atoms with E-state index in [9.17, 15) is 13.2 Å². The molecule has 0 spiro atoms. The van der Waals surface area contributed by atoms with Crippen LogP contribution in [0.1, 0.15) is 42.3 Å². The first kappa shape index (κ1) is 28.4. The summed E-state index contributed by atoms with van der Waals surface area (Å²) in [6, 6.07) is 15.0. The Balaban J connectivity index is 1.73. The second kappa shape index (κ2) is 10.9. The largest absolute Gasteiger partial charge is 0.492 e. The molecule has 0 bridgehead atoms.